The lowest BCUT2D eigenvalue weighted by Crippen LogP contribution is -2.43. The number of rotatable bonds is 2. The summed E-state index contributed by atoms with van der Waals surface area (Å²) in [5.74, 6) is 0.0265. The van der Waals surface area contributed by atoms with E-state index in [1.807, 2.05) is 18.2 Å². The lowest BCUT2D eigenvalue weighted by molar-refractivity contribution is 0.0665. The van der Waals surface area contributed by atoms with Crippen LogP contribution in [-0.4, -0.2) is 48.6 Å². The number of para-hydroxylation sites is 1. The Morgan fingerprint density at radius 1 is 1.25 bits per heavy atom. The number of nitrogens with one attached hydrogen (secondary N) is 1. The van der Waals surface area contributed by atoms with Gasteiger partial charge in [-0.2, -0.15) is 5.10 Å². The standard InChI is InChI=1S/C16H16N6O2/c23-15-12-5-1-2-6-13(12)18-10-22(15)11-4-3-7-21(8-11)16(24)14-17-9-19-20-14/h1-2,5-6,9-11H,3-4,7-8H2,(H,17,19,20). The van der Waals surface area contributed by atoms with E-state index in [9.17, 15) is 9.59 Å². The highest BCUT2D eigenvalue weighted by Crippen LogP contribution is 2.21. The van der Waals surface area contributed by atoms with Crippen LogP contribution in [0.15, 0.2) is 41.7 Å². The van der Waals surface area contributed by atoms with Gasteiger partial charge in [0.2, 0.25) is 5.82 Å². The zero-order valence-electron chi connectivity index (χ0n) is 12.9. The van der Waals surface area contributed by atoms with Crippen molar-refractivity contribution in [1.82, 2.24) is 29.6 Å². The molecule has 1 aliphatic heterocycles. The third kappa shape index (κ3) is 2.45. The molecular formula is C16H16N6O2. The number of H-pyrrole nitrogens is 1. The summed E-state index contributed by atoms with van der Waals surface area (Å²) in [6.45, 7) is 1.10. The number of hydrogen-bond donors (Lipinski definition) is 1. The number of likely N-dealkylation sites (tertiary alicyclic amines) is 1. The first-order valence-corrected chi connectivity index (χ1v) is 7.84. The quantitative estimate of drug-likeness (QED) is 0.758. The second-order valence-corrected chi connectivity index (χ2v) is 5.86. The van der Waals surface area contributed by atoms with Crippen molar-refractivity contribution >= 4 is 16.8 Å². The maximum absolute atomic E-state index is 12.7. The van der Waals surface area contributed by atoms with E-state index in [0.717, 1.165) is 12.8 Å². The van der Waals surface area contributed by atoms with E-state index in [-0.39, 0.29) is 23.3 Å². The zero-order chi connectivity index (χ0) is 16.5. The summed E-state index contributed by atoms with van der Waals surface area (Å²) in [7, 11) is 0. The number of aromatic amines is 1. The van der Waals surface area contributed by atoms with Crippen LogP contribution in [0.2, 0.25) is 0 Å². The van der Waals surface area contributed by atoms with Gasteiger partial charge in [0.1, 0.15) is 6.33 Å². The molecule has 1 atom stereocenters. The van der Waals surface area contributed by atoms with Crippen LogP contribution in [0.5, 0.6) is 0 Å². The highest BCUT2D eigenvalue weighted by atomic mass is 16.2. The van der Waals surface area contributed by atoms with Crippen LogP contribution in [-0.2, 0) is 0 Å². The predicted molar refractivity (Wildman–Crippen MR) is 86.6 cm³/mol. The second kappa shape index (κ2) is 5.88. The maximum Gasteiger partial charge on any atom is 0.291 e. The van der Waals surface area contributed by atoms with Crippen molar-refractivity contribution in [2.24, 2.45) is 0 Å². The Kier molecular flexibility index (Phi) is 3.56. The summed E-state index contributed by atoms with van der Waals surface area (Å²) in [5, 5.41) is 6.90. The molecule has 0 radical (unpaired) electrons. The third-order valence-corrected chi connectivity index (χ3v) is 4.38. The van der Waals surface area contributed by atoms with Gasteiger partial charge >= 0.3 is 0 Å². The van der Waals surface area contributed by atoms with Gasteiger partial charge in [-0.25, -0.2) is 9.97 Å². The fourth-order valence-corrected chi connectivity index (χ4v) is 3.17. The SMILES string of the molecule is O=C(c1ncn[nH]1)N1CCCC(n2cnc3ccccc3c2=O)C1. The average molecular weight is 324 g/mol. The number of nitrogens with zero attached hydrogens (tertiary/aromatic N) is 5. The van der Waals surface area contributed by atoms with Crippen LogP contribution < -0.4 is 5.56 Å². The Hall–Kier alpha value is -3.03. The summed E-state index contributed by atoms with van der Waals surface area (Å²) in [5.41, 5.74) is 0.615. The molecule has 3 aromatic rings. The van der Waals surface area contributed by atoms with E-state index in [2.05, 4.69) is 20.2 Å². The molecule has 1 aliphatic rings. The largest absolute Gasteiger partial charge is 0.334 e. The molecule has 0 bridgehead atoms. The van der Waals surface area contributed by atoms with Crippen molar-refractivity contribution in [2.75, 3.05) is 13.1 Å². The minimum absolute atomic E-state index is 0.0698. The normalized spacial score (nSPS) is 18.0. The Balaban J connectivity index is 1.64. The minimum Gasteiger partial charge on any atom is -0.334 e. The van der Waals surface area contributed by atoms with Gasteiger partial charge in [0.25, 0.3) is 11.5 Å². The third-order valence-electron chi connectivity index (χ3n) is 4.38. The van der Waals surface area contributed by atoms with Gasteiger partial charge < -0.3 is 4.90 Å². The lowest BCUT2D eigenvalue weighted by Gasteiger charge is -2.33. The molecular weight excluding hydrogens is 308 g/mol. The van der Waals surface area contributed by atoms with E-state index in [4.69, 9.17) is 0 Å². The molecule has 1 aromatic carbocycles. The molecule has 2 aromatic heterocycles. The molecule has 8 heteroatoms. The van der Waals surface area contributed by atoms with Crippen LogP contribution in [0.25, 0.3) is 10.9 Å². The Morgan fingerprint density at radius 2 is 2.12 bits per heavy atom. The first-order chi connectivity index (χ1) is 11.7. The van der Waals surface area contributed by atoms with Crippen LogP contribution in [0.4, 0.5) is 0 Å². The van der Waals surface area contributed by atoms with Gasteiger partial charge in [0.05, 0.1) is 23.3 Å². The first-order valence-electron chi connectivity index (χ1n) is 7.84. The number of fused-ring (bicyclic) bond motifs is 1. The first kappa shape index (κ1) is 14.6. The van der Waals surface area contributed by atoms with Gasteiger partial charge in [-0.05, 0) is 25.0 Å². The number of benzene rings is 1. The fraction of sp³-hybridized carbons (Fsp3) is 0.312. The van der Waals surface area contributed by atoms with Gasteiger partial charge in [-0.15, -0.1) is 0 Å². The van der Waals surface area contributed by atoms with E-state index in [0.29, 0.717) is 24.0 Å². The summed E-state index contributed by atoms with van der Waals surface area (Å²) >= 11 is 0. The molecule has 4 rings (SSSR count). The predicted octanol–water partition coefficient (Wildman–Crippen LogP) is 0.992. The molecule has 0 saturated carbocycles. The smallest absolute Gasteiger partial charge is 0.291 e. The highest BCUT2D eigenvalue weighted by Gasteiger charge is 2.27. The molecule has 1 fully saturated rings. The summed E-state index contributed by atoms with van der Waals surface area (Å²) in [6.07, 6.45) is 4.55. The number of aromatic nitrogens is 5. The molecule has 3 heterocycles. The molecule has 1 N–H and O–H groups in total. The molecule has 1 unspecified atom stereocenters. The van der Waals surface area contributed by atoms with Crippen molar-refractivity contribution in [3.05, 3.63) is 53.1 Å². The second-order valence-electron chi connectivity index (χ2n) is 5.86. The molecule has 8 nitrogen and oxygen atoms in total. The number of hydrogen-bond acceptors (Lipinski definition) is 5. The van der Waals surface area contributed by atoms with Gasteiger partial charge in [0, 0.05) is 13.1 Å². The summed E-state index contributed by atoms with van der Waals surface area (Å²) < 4.78 is 1.64. The maximum atomic E-state index is 12.7. The fourth-order valence-electron chi connectivity index (χ4n) is 3.17. The van der Waals surface area contributed by atoms with E-state index in [1.54, 1.807) is 21.9 Å². The molecule has 1 saturated heterocycles. The summed E-state index contributed by atoms with van der Waals surface area (Å²) in [4.78, 5) is 35.1. The minimum atomic E-state index is -0.195. The van der Waals surface area contributed by atoms with Crippen LogP contribution in [0, 0.1) is 0 Å². The number of carbonyl (C=O) groups excluding carboxylic acids is 1. The number of amides is 1. The van der Waals surface area contributed by atoms with Crippen molar-refractivity contribution < 1.29 is 4.79 Å². The Bertz CT molecular complexity index is 933. The van der Waals surface area contributed by atoms with E-state index < -0.39 is 0 Å². The van der Waals surface area contributed by atoms with E-state index >= 15 is 0 Å². The molecule has 122 valence electrons. The number of piperidine rings is 1. The van der Waals surface area contributed by atoms with Gasteiger partial charge in [-0.3, -0.25) is 19.3 Å². The van der Waals surface area contributed by atoms with Crippen molar-refractivity contribution in [3.8, 4) is 0 Å². The topological polar surface area (TPSA) is 96.8 Å². The Labute approximate surface area is 137 Å². The molecule has 24 heavy (non-hydrogen) atoms. The molecule has 1 amide bonds. The monoisotopic (exact) mass is 324 g/mol. The van der Waals surface area contributed by atoms with Crippen molar-refractivity contribution in [1.29, 1.82) is 0 Å². The Morgan fingerprint density at radius 3 is 2.96 bits per heavy atom. The number of carbonyl (C=O) groups is 1. The highest BCUT2D eigenvalue weighted by molar-refractivity contribution is 5.90. The van der Waals surface area contributed by atoms with Gasteiger partial charge in [0.15, 0.2) is 0 Å². The van der Waals surface area contributed by atoms with E-state index in [1.165, 1.54) is 6.33 Å². The summed E-state index contributed by atoms with van der Waals surface area (Å²) in [6, 6.07) is 7.20. The molecule has 0 spiro atoms. The van der Waals surface area contributed by atoms with Gasteiger partial charge in [-0.1, -0.05) is 12.1 Å². The van der Waals surface area contributed by atoms with Crippen LogP contribution in [0.3, 0.4) is 0 Å². The zero-order valence-corrected chi connectivity index (χ0v) is 12.9. The average Bonchev–Trinajstić information content (AvgIpc) is 3.16. The lowest BCUT2D eigenvalue weighted by atomic mass is 10.0. The molecule has 0 aliphatic carbocycles. The van der Waals surface area contributed by atoms with Crippen molar-refractivity contribution in [3.63, 3.8) is 0 Å². The van der Waals surface area contributed by atoms with Crippen molar-refractivity contribution in [2.45, 2.75) is 18.9 Å². The van der Waals surface area contributed by atoms with Crippen LogP contribution in [0.1, 0.15) is 29.5 Å². The van der Waals surface area contributed by atoms with Crippen LogP contribution >= 0.6 is 0 Å².